The number of hydrogen-bond donors (Lipinski definition) is 1. The van der Waals surface area contributed by atoms with Crippen LogP contribution < -0.4 is 5.32 Å². The molecule has 1 aliphatic rings. The molecule has 0 unspecified atom stereocenters. The van der Waals surface area contributed by atoms with Crippen molar-refractivity contribution in [3.63, 3.8) is 0 Å². The molecule has 1 fully saturated rings. The van der Waals surface area contributed by atoms with Crippen LogP contribution in [0.5, 0.6) is 0 Å². The number of benzene rings is 2. The van der Waals surface area contributed by atoms with Crippen LogP contribution in [0, 0.1) is 13.8 Å². The van der Waals surface area contributed by atoms with Gasteiger partial charge in [0.2, 0.25) is 20.0 Å². The number of anilines is 1. The smallest absolute Gasteiger partial charge is 0.255 e. The second kappa shape index (κ2) is 9.51. The van der Waals surface area contributed by atoms with Crippen LogP contribution in [0.2, 0.25) is 0 Å². The van der Waals surface area contributed by atoms with E-state index >= 15 is 0 Å². The van der Waals surface area contributed by atoms with Gasteiger partial charge in [0, 0.05) is 51.5 Å². The molecule has 1 saturated heterocycles. The maximum absolute atomic E-state index is 12.9. The lowest BCUT2D eigenvalue weighted by Crippen LogP contribution is -2.46. The molecule has 1 amide bonds. The normalized spacial score (nSPS) is 16.2. The molecule has 33 heavy (non-hydrogen) atoms. The zero-order valence-electron chi connectivity index (χ0n) is 19.5. The standard InChI is InChI=1S/C22H30N4O5S2/c1-16-14-18(15-21(17(16)2)33(30,31)24(3)4)22(27)23-19-6-8-20(9-7-19)32(28,29)26-12-10-25(5)11-13-26/h6-9,14-15H,10-13H2,1-5H3,(H,23,27). The molecular formula is C22H30N4O5S2. The van der Waals surface area contributed by atoms with E-state index < -0.39 is 26.0 Å². The summed E-state index contributed by atoms with van der Waals surface area (Å²) in [5.41, 5.74) is 1.87. The summed E-state index contributed by atoms with van der Waals surface area (Å²) in [7, 11) is -2.48. The third kappa shape index (κ3) is 5.28. The number of rotatable bonds is 6. The van der Waals surface area contributed by atoms with Crippen LogP contribution in [0.15, 0.2) is 46.2 Å². The van der Waals surface area contributed by atoms with E-state index in [2.05, 4.69) is 10.2 Å². The Balaban J connectivity index is 1.81. The van der Waals surface area contributed by atoms with Gasteiger partial charge in [-0.2, -0.15) is 4.31 Å². The van der Waals surface area contributed by atoms with Gasteiger partial charge < -0.3 is 10.2 Å². The van der Waals surface area contributed by atoms with Crippen molar-refractivity contribution in [3.05, 3.63) is 53.1 Å². The first-order valence-electron chi connectivity index (χ1n) is 10.5. The maximum Gasteiger partial charge on any atom is 0.255 e. The number of likely N-dealkylation sites (N-methyl/N-ethyl adjacent to an activating group) is 1. The molecule has 0 saturated carbocycles. The maximum atomic E-state index is 12.9. The summed E-state index contributed by atoms with van der Waals surface area (Å²) in [6.45, 7) is 5.67. The highest BCUT2D eigenvalue weighted by Crippen LogP contribution is 2.25. The van der Waals surface area contributed by atoms with Crippen molar-refractivity contribution in [1.29, 1.82) is 0 Å². The van der Waals surface area contributed by atoms with E-state index in [-0.39, 0.29) is 15.4 Å². The molecule has 2 aromatic carbocycles. The first-order chi connectivity index (χ1) is 15.3. The monoisotopic (exact) mass is 494 g/mol. The molecule has 180 valence electrons. The van der Waals surface area contributed by atoms with E-state index in [1.165, 1.54) is 48.7 Å². The van der Waals surface area contributed by atoms with Crippen molar-refractivity contribution in [1.82, 2.24) is 13.5 Å². The van der Waals surface area contributed by atoms with Gasteiger partial charge in [0.25, 0.3) is 5.91 Å². The highest BCUT2D eigenvalue weighted by Gasteiger charge is 2.27. The van der Waals surface area contributed by atoms with E-state index in [4.69, 9.17) is 0 Å². The first kappa shape index (κ1) is 25.3. The zero-order valence-corrected chi connectivity index (χ0v) is 21.1. The van der Waals surface area contributed by atoms with Crippen LogP contribution in [-0.2, 0) is 20.0 Å². The van der Waals surface area contributed by atoms with E-state index in [9.17, 15) is 21.6 Å². The molecule has 0 bridgehead atoms. The number of nitrogens with one attached hydrogen (secondary N) is 1. The van der Waals surface area contributed by atoms with Crippen LogP contribution >= 0.6 is 0 Å². The number of aryl methyl sites for hydroxylation is 1. The van der Waals surface area contributed by atoms with Crippen molar-refractivity contribution in [2.24, 2.45) is 0 Å². The highest BCUT2D eigenvalue weighted by atomic mass is 32.2. The van der Waals surface area contributed by atoms with Gasteiger partial charge in [-0.15, -0.1) is 0 Å². The summed E-state index contributed by atoms with van der Waals surface area (Å²) in [5, 5.41) is 2.71. The van der Waals surface area contributed by atoms with E-state index in [1.54, 1.807) is 19.9 Å². The van der Waals surface area contributed by atoms with Crippen molar-refractivity contribution in [2.75, 3.05) is 52.6 Å². The quantitative estimate of drug-likeness (QED) is 0.656. The Labute approximate surface area is 196 Å². The average Bonchev–Trinajstić information content (AvgIpc) is 2.76. The number of amides is 1. The average molecular weight is 495 g/mol. The fourth-order valence-electron chi connectivity index (χ4n) is 3.51. The highest BCUT2D eigenvalue weighted by molar-refractivity contribution is 7.89. The molecule has 0 aromatic heterocycles. The summed E-state index contributed by atoms with van der Waals surface area (Å²) in [6.07, 6.45) is 0. The predicted octanol–water partition coefficient (Wildman–Crippen LogP) is 1.74. The predicted molar refractivity (Wildman–Crippen MR) is 127 cm³/mol. The molecule has 3 rings (SSSR count). The lowest BCUT2D eigenvalue weighted by atomic mass is 10.1. The molecule has 2 aromatic rings. The van der Waals surface area contributed by atoms with Crippen LogP contribution in [-0.4, -0.2) is 83.6 Å². The minimum absolute atomic E-state index is 0.0752. The van der Waals surface area contributed by atoms with Crippen LogP contribution in [0.25, 0.3) is 0 Å². The van der Waals surface area contributed by atoms with Crippen molar-refractivity contribution >= 4 is 31.6 Å². The van der Waals surface area contributed by atoms with E-state index in [1.807, 2.05) is 7.05 Å². The number of sulfonamides is 2. The third-order valence-electron chi connectivity index (χ3n) is 5.85. The van der Waals surface area contributed by atoms with Gasteiger partial charge in [-0.3, -0.25) is 4.79 Å². The van der Waals surface area contributed by atoms with Gasteiger partial charge in [-0.05, 0) is 68.4 Å². The van der Waals surface area contributed by atoms with E-state index in [0.717, 1.165) is 4.31 Å². The lowest BCUT2D eigenvalue weighted by Gasteiger charge is -2.31. The van der Waals surface area contributed by atoms with Gasteiger partial charge >= 0.3 is 0 Å². The summed E-state index contributed by atoms with van der Waals surface area (Å²) in [5.74, 6) is -0.483. The third-order valence-corrected chi connectivity index (χ3v) is 9.71. The minimum Gasteiger partial charge on any atom is -0.322 e. The van der Waals surface area contributed by atoms with Gasteiger partial charge in [0.05, 0.1) is 9.79 Å². The van der Waals surface area contributed by atoms with Gasteiger partial charge in [0.1, 0.15) is 0 Å². The topological polar surface area (TPSA) is 107 Å². The Morgan fingerprint density at radius 1 is 0.939 bits per heavy atom. The van der Waals surface area contributed by atoms with Crippen molar-refractivity contribution in [2.45, 2.75) is 23.6 Å². The summed E-state index contributed by atoms with van der Waals surface area (Å²) >= 11 is 0. The lowest BCUT2D eigenvalue weighted by molar-refractivity contribution is 0.102. The Bertz CT molecular complexity index is 1250. The van der Waals surface area contributed by atoms with Gasteiger partial charge in [-0.25, -0.2) is 21.1 Å². The molecule has 11 heteroatoms. The number of carbonyl (C=O) groups is 1. The molecule has 0 spiro atoms. The van der Waals surface area contributed by atoms with Crippen molar-refractivity contribution < 1.29 is 21.6 Å². The number of carbonyl (C=O) groups excluding carboxylic acids is 1. The molecular weight excluding hydrogens is 464 g/mol. The summed E-state index contributed by atoms with van der Waals surface area (Å²) in [4.78, 5) is 15.1. The second-order valence-corrected chi connectivity index (χ2v) is 12.4. The number of nitrogens with zero attached hydrogens (tertiary/aromatic N) is 3. The molecule has 0 radical (unpaired) electrons. The summed E-state index contributed by atoms with van der Waals surface area (Å²) < 4.78 is 53.6. The van der Waals surface area contributed by atoms with Gasteiger partial charge in [0.15, 0.2) is 0 Å². The largest absolute Gasteiger partial charge is 0.322 e. The minimum atomic E-state index is -3.72. The van der Waals surface area contributed by atoms with Crippen molar-refractivity contribution in [3.8, 4) is 0 Å². The molecule has 0 aliphatic carbocycles. The Morgan fingerprint density at radius 2 is 1.52 bits per heavy atom. The molecule has 0 atom stereocenters. The first-order valence-corrected chi connectivity index (χ1v) is 13.4. The van der Waals surface area contributed by atoms with Gasteiger partial charge in [-0.1, -0.05) is 0 Å². The molecule has 9 nitrogen and oxygen atoms in total. The second-order valence-electron chi connectivity index (χ2n) is 8.39. The van der Waals surface area contributed by atoms with E-state index in [0.29, 0.717) is 43.0 Å². The molecule has 1 N–H and O–H groups in total. The van der Waals surface area contributed by atoms with Crippen LogP contribution in [0.4, 0.5) is 5.69 Å². The number of hydrogen-bond acceptors (Lipinski definition) is 6. The summed E-state index contributed by atoms with van der Waals surface area (Å²) in [6, 6.07) is 8.97. The molecule has 1 aliphatic heterocycles. The fraction of sp³-hybridized carbons (Fsp3) is 0.409. The Morgan fingerprint density at radius 3 is 2.06 bits per heavy atom. The Kier molecular flexibility index (Phi) is 7.30. The van der Waals surface area contributed by atoms with Crippen LogP contribution in [0.3, 0.4) is 0 Å². The zero-order chi connectivity index (χ0) is 24.6. The number of piperazine rings is 1. The SMILES string of the molecule is Cc1cc(C(=O)Nc2ccc(S(=O)(=O)N3CCN(C)CC3)cc2)cc(S(=O)(=O)N(C)C)c1C. The Hall–Kier alpha value is -2.31. The fourth-order valence-corrected chi connectivity index (χ4v) is 6.15. The molecule has 1 heterocycles. The van der Waals surface area contributed by atoms with Crippen LogP contribution in [0.1, 0.15) is 21.5 Å².